The van der Waals surface area contributed by atoms with Crippen molar-refractivity contribution in [3.05, 3.63) is 16.0 Å². The first-order valence-corrected chi connectivity index (χ1v) is 6.75. The Morgan fingerprint density at radius 3 is 2.94 bits per heavy atom. The molecule has 0 aliphatic heterocycles. The van der Waals surface area contributed by atoms with Crippen LogP contribution in [-0.2, 0) is 0 Å². The van der Waals surface area contributed by atoms with Gasteiger partial charge in [0.15, 0.2) is 0 Å². The molecule has 0 bridgehead atoms. The lowest BCUT2D eigenvalue weighted by atomic mass is 10.1. The van der Waals surface area contributed by atoms with E-state index in [4.69, 9.17) is 11.6 Å². The number of halogens is 2. The van der Waals surface area contributed by atoms with E-state index in [-0.39, 0.29) is 5.28 Å². The number of hydrogen-bond donors (Lipinski definition) is 1. The number of anilines is 1. The third-order valence-electron chi connectivity index (χ3n) is 2.34. The fraction of sp³-hybridized carbons (Fsp3) is 0.636. The van der Waals surface area contributed by atoms with Gasteiger partial charge >= 0.3 is 0 Å². The number of rotatable bonds is 6. The van der Waals surface area contributed by atoms with Gasteiger partial charge in [-0.1, -0.05) is 26.2 Å². The predicted octanol–water partition coefficient (Wildman–Crippen LogP) is 4.27. The summed E-state index contributed by atoms with van der Waals surface area (Å²) in [5, 5.41) is 3.60. The zero-order chi connectivity index (χ0) is 12.0. The van der Waals surface area contributed by atoms with Crippen molar-refractivity contribution in [1.82, 2.24) is 9.97 Å². The Morgan fingerprint density at radius 2 is 2.25 bits per heavy atom. The lowest BCUT2D eigenvalue weighted by molar-refractivity contribution is 0.613. The minimum Gasteiger partial charge on any atom is -0.367 e. The molecule has 0 spiro atoms. The molecule has 1 N–H and O–H groups in total. The Balaban J connectivity index is 2.48. The van der Waals surface area contributed by atoms with Crippen molar-refractivity contribution in [3.63, 3.8) is 0 Å². The molecular formula is C11H17BrClN3. The van der Waals surface area contributed by atoms with Crippen molar-refractivity contribution < 1.29 is 0 Å². The summed E-state index contributed by atoms with van der Waals surface area (Å²) in [5.41, 5.74) is 0. The van der Waals surface area contributed by atoms with Crippen LogP contribution in [0, 0.1) is 0 Å². The van der Waals surface area contributed by atoms with Gasteiger partial charge in [-0.2, -0.15) is 4.98 Å². The highest BCUT2D eigenvalue weighted by atomic mass is 79.9. The van der Waals surface area contributed by atoms with Gasteiger partial charge in [-0.15, -0.1) is 0 Å². The zero-order valence-electron chi connectivity index (χ0n) is 9.63. The van der Waals surface area contributed by atoms with Crippen molar-refractivity contribution in [2.45, 2.75) is 45.6 Å². The molecular weight excluding hydrogens is 289 g/mol. The number of nitrogens with zero attached hydrogens (tertiary/aromatic N) is 2. The topological polar surface area (TPSA) is 37.8 Å². The van der Waals surface area contributed by atoms with Crippen molar-refractivity contribution in [2.75, 3.05) is 5.32 Å². The molecule has 1 unspecified atom stereocenters. The molecule has 16 heavy (non-hydrogen) atoms. The molecule has 0 saturated heterocycles. The molecule has 0 aromatic carbocycles. The molecule has 1 aromatic rings. The first-order valence-electron chi connectivity index (χ1n) is 5.58. The van der Waals surface area contributed by atoms with E-state index in [9.17, 15) is 0 Å². The maximum Gasteiger partial charge on any atom is 0.224 e. The molecule has 0 aliphatic carbocycles. The van der Waals surface area contributed by atoms with Crippen LogP contribution >= 0.6 is 27.5 Å². The van der Waals surface area contributed by atoms with E-state index in [0.29, 0.717) is 6.04 Å². The van der Waals surface area contributed by atoms with Crippen LogP contribution in [0.4, 0.5) is 5.82 Å². The van der Waals surface area contributed by atoms with Gasteiger partial charge in [0.25, 0.3) is 0 Å². The van der Waals surface area contributed by atoms with E-state index in [1.165, 1.54) is 19.3 Å². The van der Waals surface area contributed by atoms with Crippen molar-refractivity contribution >= 4 is 33.3 Å². The highest BCUT2D eigenvalue weighted by Crippen LogP contribution is 2.21. The Hall–Kier alpha value is -0.350. The Morgan fingerprint density at radius 1 is 1.50 bits per heavy atom. The lowest BCUT2D eigenvalue weighted by Crippen LogP contribution is -2.16. The second kappa shape index (κ2) is 7.07. The maximum atomic E-state index is 5.74. The number of nitrogens with one attached hydrogen (secondary N) is 1. The van der Waals surface area contributed by atoms with E-state index in [0.717, 1.165) is 16.7 Å². The van der Waals surface area contributed by atoms with E-state index in [1.807, 2.05) is 0 Å². The molecule has 0 amide bonds. The predicted molar refractivity (Wildman–Crippen MR) is 72.0 cm³/mol. The molecule has 90 valence electrons. The maximum absolute atomic E-state index is 5.74. The van der Waals surface area contributed by atoms with Gasteiger partial charge in [0.2, 0.25) is 5.28 Å². The molecule has 0 saturated carbocycles. The Bertz CT molecular complexity index is 333. The third kappa shape index (κ3) is 4.66. The average molecular weight is 307 g/mol. The number of aromatic nitrogens is 2. The van der Waals surface area contributed by atoms with Crippen LogP contribution in [0.15, 0.2) is 10.7 Å². The second-order valence-electron chi connectivity index (χ2n) is 3.88. The quantitative estimate of drug-likeness (QED) is 0.630. The molecule has 1 aromatic heterocycles. The SMILES string of the molecule is CCCCCC(C)Nc1nc(Cl)ncc1Br. The fourth-order valence-corrected chi connectivity index (χ4v) is 1.89. The van der Waals surface area contributed by atoms with Gasteiger partial charge in [0.1, 0.15) is 5.82 Å². The van der Waals surface area contributed by atoms with Crippen LogP contribution in [0.3, 0.4) is 0 Å². The minimum atomic E-state index is 0.270. The summed E-state index contributed by atoms with van der Waals surface area (Å²) in [4.78, 5) is 8.03. The average Bonchev–Trinajstić information content (AvgIpc) is 2.24. The fourth-order valence-electron chi connectivity index (χ4n) is 1.45. The van der Waals surface area contributed by atoms with Gasteiger partial charge < -0.3 is 5.32 Å². The number of hydrogen-bond acceptors (Lipinski definition) is 3. The first kappa shape index (κ1) is 13.7. The molecule has 5 heteroatoms. The molecule has 0 aliphatic rings. The Labute approximate surface area is 110 Å². The normalized spacial score (nSPS) is 12.5. The second-order valence-corrected chi connectivity index (χ2v) is 5.07. The molecule has 3 nitrogen and oxygen atoms in total. The van der Waals surface area contributed by atoms with E-state index in [1.54, 1.807) is 6.20 Å². The highest BCUT2D eigenvalue weighted by molar-refractivity contribution is 9.10. The lowest BCUT2D eigenvalue weighted by Gasteiger charge is -2.15. The number of unbranched alkanes of at least 4 members (excludes halogenated alkanes) is 2. The van der Waals surface area contributed by atoms with E-state index in [2.05, 4.69) is 45.1 Å². The van der Waals surface area contributed by atoms with Crippen LogP contribution in [-0.4, -0.2) is 16.0 Å². The molecule has 0 fully saturated rings. The minimum absolute atomic E-state index is 0.270. The summed E-state index contributed by atoms with van der Waals surface area (Å²) in [7, 11) is 0. The van der Waals surface area contributed by atoms with Crippen LogP contribution < -0.4 is 5.32 Å². The van der Waals surface area contributed by atoms with E-state index >= 15 is 0 Å². The monoisotopic (exact) mass is 305 g/mol. The molecule has 1 atom stereocenters. The van der Waals surface area contributed by atoms with Crippen molar-refractivity contribution in [3.8, 4) is 0 Å². The van der Waals surface area contributed by atoms with Crippen LogP contribution in [0.1, 0.15) is 39.5 Å². The van der Waals surface area contributed by atoms with Crippen LogP contribution in [0.5, 0.6) is 0 Å². The van der Waals surface area contributed by atoms with E-state index < -0.39 is 0 Å². The smallest absolute Gasteiger partial charge is 0.224 e. The summed E-state index contributed by atoms with van der Waals surface area (Å²) >= 11 is 9.14. The molecule has 1 heterocycles. The molecule has 1 rings (SSSR count). The van der Waals surface area contributed by atoms with Crippen molar-refractivity contribution in [2.24, 2.45) is 0 Å². The third-order valence-corrected chi connectivity index (χ3v) is 3.10. The van der Waals surface area contributed by atoms with Gasteiger partial charge in [-0.05, 0) is 40.9 Å². The van der Waals surface area contributed by atoms with Crippen LogP contribution in [0.2, 0.25) is 5.28 Å². The summed E-state index contributed by atoms with van der Waals surface area (Å²) in [6, 6.07) is 0.397. The van der Waals surface area contributed by atoms with Gasteiger partial charge in [-0.3, -0.25) is 0 Å². The zero-order valence-corrected chi connectivity index (χ0v) is 12.0. The Kier molecular flexibility index (Phi) is 6.06. The summed E-state index contributed by atoms with van der Waals surface area (Å²) in [5.74, 6) is 0.768. The largest absolute Gasteiger partial charge is 0.367 e. The first-order chi connectivity index (χ1) is 7.63. The summed E-state index contributed by atoms with van der Waals surface area (Å²) in [6.07, 6.45) is 6.56. The van der Waals surface area contributed by atoms with Gasteiger partial charge in [0, 0.05) is 12.2 Å². The van der Waals surface area contributed by atoms with Gasteiger partial charge in [0.05, 0.1) is 4.47 Å². The summed E-state index contributed by atoms with van der Waals surface area (Å²) in [6.45, 7) is 4.36. The standard InChI is InChI=1S/C11H17BrClN3/c1-3-4-5-6-8(2)15-10-9(12)7-14-11(13)16-10/h7-8H,3-6H2,1-2H3,(H,14,15,16). The highest BCUT2D eigenvalue weighted by Gasteiger charge is 2.07. The van der Waals surface area contributed by atoms with Crippen LogP contribution in [0.25, 0.3) is 0 Å². The molecule has 0 radical (unpaired) electrons. The van der Waals surface area contributed by atoms with Gasteiger partial charge in [-0.25, -0.2) is 4.98 Å². The summed E-state index contributed by atoms with van der Waals surface area (Å²) < 4.78 is 0.847. The van der Waals surface area contributed by atoms with Crippen molar-refractivity contribution in [1.29, 1.82) is 0 Å².